The third-order valence-electron chi connectivity index (χ3n) is 3.24. The minimum atomic E-state index is 0.811. The van der Waals surface area contributed by atoms with E-state index in [9.17, 15) is 0 Å². The summed E-state index contributed by atoms with van der Waals surface area (Å²) in [5.41, 5.74) is 3.14. The van der Waals surface area contributed by atoms with Gasteiger partial charge in [0.25, 0.3) is 0 Å². The van der Waals surface area contributed by atoms with Crippen molar-refractivity contribution in [3.63, 3.8) is 0 Å². The molecule has 0 spiro atoms. The monoisotopic (exact) mass is 265 g/mol. The number of fused-ring (bicyclic) bond motifs is 1. The van der Waals surface area contributed by atoms with Crippen LogP contribution in [0.2, 0.25) is 0 Å². The van der Waals surface area contributed by atoms with Gasteiger partial charge in [-0.3, -0.25) is 0 Å². The molecule has 1 aliphatic carbocycles. The summed E-state index contributed by atoms with van der Waals surface area (Å²) in [6, 6.07) is 6.97. The molecule has 1 N–H and O–H groups in total. The summed E-state index contributed by atoms with van der Waals surface area (Å²) in [6.07, 6.45) is 3.89. The quantitative estimate of drug-likeness (QED) is 0.577. The molecular weight excluding hydrogens is 242 g/mol. The lowest BCUT2D eigenvalue weighted by Gasteiger charge is -2.06. The van der Waals surface area contributed by atoms with Crippen molar-refractivity contribution in [2.24, 2.45) is 0 Å². The van der Waals surface area contributed by atoms with Crippen molar-refractivity contribution in [2.45, 2.75) is 31.1 Å². The van der Waals surface area contributed by atoms with Gasteiger partial charge in [0.15, 0.2) is 0 Å². The van der Waals surface area contributed by atoms with Crippen molar-refractivity contribution in [3.05, 3.63) is 29.3 Å². The molecule has 0 unspecified atom stereocenters. The van der Waals surface area contributed by atoms with Gasteiger partial charge in [-0.1, -0.05) is 6.07 Å². The number of thioether (sulfide) groups is 1. The Morgan fingerprint density at radius 1 is 1.22 bits per heavy atom. The zero-order valence-corrected chi connectivity index (χ0v) is 12.0. The number of nitrogens with one attached hydrogen (secondary N) is 1. The molecule has 100 valence electrons. The lowest BCUT2D eigenvalue weighted by atomic mass is 10.1. The molecule has 0 radical (unpaired) electrons. The highest BCUT2D eigenvalue weighted by molar-refractivity contribution is 7.99. The second kappa shape index (κ2) is 7.82. The standard InChI is InChI=1S/C15H23NOS/c1-2-17-10-8-16-9-11-18-15-7-6-13-4-3-5-14(13)12-15/h6-7,12,16H,2-5,8-11H2,1H3. The number of aryl methyl sites for hydroxylation is 2. The van der Waals surface area contributed by atoms with Gasteiger partial charge in [0, 0.05) is 30.3 Å². The van der Waals surface area contributed by atoms with Crippen molar-refractivity contribution in [1.29, 1.82) is 0 Å². The highest BCUT2D eigenvalue weighted by atomic mass is 32.2. The van der Waals surface area contributed by atoms with Crippen LogP contribution < -0.4 is 5.32 Å². The normalized spacial score (nSPS) is 13.8. The van der Waals surface area contributed by atoms with Crippen LogP contribution in [0.25, 0.3) is 0 Å². The summed E-state index contributed by atoms with van der Waals surface area (Å²) >= 11 is 1.95. The minimum Gasteiger partial charge on any atom is -0.380 e. The smallest absolute Gasteiger partial charge is 0.0590 e. The Bertz CT molecular complexity index is 368. The first-order valence-corrected chi connectivity index (χ1v) is 7.92. The van der Waals surface area contributed by atoms with E-state index in [0.29, 0.717) is 0 Å². The highest BCUT2D eigenvalue weighted by Crippen LogP contribution is 2.27. The molecule has 2 nitrogen and oxygen atoms in total. The van der Waals surface area contributed by atoms with E-state index in [-0.39, 0.29) is 0 Å². The van der Waals surface area contributed by atoms with Crippen LogP contribution >= 0.6 is 11.8 Å². The van der Waals surface area contributed by atoms with Crippen LogP contribution in [0.4, 0.5) is 0 Å². The number of ether oxygens (including phenoxy) is 1. The Morgan fingerprint density at radius 2 is 2.11 bits per heavy atom. The van der Waals surface area contributed by atoms with E-state index in [4.69, 9.17) is 4.74 Å². The second-order valence-corrected chi connectivity index (χ2v) is 5.75. The Balaban J connectivity index is 1.62. The fourth-order valence-electron chi connectivity index (χ4n) is 2.29. The Kier molecular flexibility index (Phi) is 6.05. The van der Waals surface area contributed by atoms with Crippen LogP contribution in [0.3, 0.4) is 0 Å². The van der Waals surface area contributed by atoms with E-state index < -0.39 is 0 Å². The molecule has 0 aliphatic heterocycles. The Morgan fingerprint density at radius 3 is 3.00 bits per heavy atom. The fourth-order valence-corrected chi connectivity index (χ4v) is 3.16. The van der Waals surface area contributed by atoms with E-state index in [1.807, 2.05) is 18.7 Å². The van der Waals surface area contributed by atoms with Gasteiger partial charge in [0.2, 0.25) is 0 Å². The molecule has 0 aromatic heterocycles. The molecular formula is C15H23NOS. The maximum absolute atomic E-state index is 5.28. The molecule has 0 saturated heterocycles. The van der Waals surface area contributed by atoms with Gasteiger partial charge in [-0.05, 0) is 49.4 Å². The average Bonchev–Trinajstić information content (AvgIpc) is 2.85. The third kappa shape index (κ3) is 4.30. The fraction of sp³-hybridized carbons (Fsp3) is 0.600. The van der Waals surface area contributed by atoms with Crippen LogP contribution in [0.15, 0.2) is 23.1 Å². The molecule has 1 aromatic rings. The van der Waals surface area contributed by atoms with Crippen molar-refractivity contribution < 1.29 is 4.74 Å². The van der Waals surface area contributed by atoms with Crippen LogP contribution in [0, 0.1) is 0 Å². The molecule has 1 aliphatic rings. The zero-order chi connectivity index (χ0) is 12.6. The number of hydrogen-bond donors (Lipinski definition) is 1. The van der Waals surface area contributed by atoms with Crippen LogP contribution in [0.1, 0.15) is 24.5 Å². The van der Waals surface area contributed by atoms with E-state index in [0.717, 1.165) is 32.1 Å². The van der Waals surface area contributed by atoms with E-state index >= 15 is 0 Å². The topological polar surface area (TPSA) is 21.3 Å². The largest absolute Gasteiger partial charge is 0.380 e. The second-order valence-electron chi connectivity index (χ2n) is 4.58. The van der Waals surface area contributed by atoms with Crippen molar-refractivity contribution in [2.75, 3.05) is 32.1 Å². The first-order chi connectivity index (χ1) is 8.90. The highest BCUT2D eigenvalue weighted by Gasteiger charge is 2.10. The summed E-state index contributed by atoms with van der Waals surface area (Å²) in [7, 11) is 0. The lowest BCUT2D eigenvalue weighted by Crippen LogP contribution is -2.22. The van der Waals surface area contributed by atoms with Gasteiger partial charge in [-0.2, -0.15) is 0 Å². The average molecular weight is 265 g/mol. The SMILES string of the molecule is CCOCCNCCSc1ccc2c(c1)CCC2. The van der Waals surface area contributed by atoms with Gasteiger partial charge >= 0.3 is 0 Å². The summed E-state index contributed by atoms with van der Waals surface area (Å²) in [5, 5.41) is 3.40. The van der Waals surface area contributed by atoms with Gasteiger partial charge in [-0.25, -0.2) is 0 Å². The number of rotatable bonds is 8. The van der Waals surface area contributed by atoms with E-state index in [1.54, 1.807) is 11.1 Å². The molecule has 0 heterocycles. The Hall–Kier alpha value is -0.510. The van der Waals surface area contributed by atoms with Crippen LogP contribution in [-0.4, -0.2) is 32.1 Å². The van der Waals surface area contributed by atoms with Gasteiger partial charge in [0.05, 0.1) is 6.61 Å². The first-order valence-electron chi connectivity index (χ1n) is 6.93. The maximum Gasteiger partial charge on any atom is 0.0590 e. The van der Waals surface area contributed by atoms with Gasteiger partial charge in [0.1, 0.15) is 0 Å². The Labute approximate surface area is 114 Å². The first kappa shape index (κ1) is 13.9. The summed E-state index contributed by atoms with van der Waals surface area (Å²) in [6.45, 7) is 5.67. The van der Waals surface area contributed by atoms with Crippen molar-refractivity contribution >= 4 is 11.8 Å². The van der Waals surface area contributed by atoms with E-state index in [1.165, 1.54) is 24.2 Å². The predicted octanol–water partition coefficient (Wildman–Crippen LogP) is 2.89. The molecule has 1 aromatic carbocycles. The molecule has 0 amide bonds. The molecule has 0 bridgehead atoms. The van der Waals surface area contributed by atoms with Crippen LogP contribution in [0.5, 0.6) is 0 Å². The van der Waals surface area contributed by atoms with Crippen molar-refractivity contribution in [1.82, 2.24) is 5.32 Å². The zero-order valence-electron chi connectivity index (χ0n) is 11.2. The number of hydrogen-bond acceptors (Lipinski definition) is 3. The molecule has 0 atom stereocenters. The van der Waals surface area contributed by atoms with Crippen LogP contribution in [-0.2, 0) is 17.6 Å². The summed E-state index contributed by atoms with van der Waals surface area (Å²) < 4.78 is 5.28. The lowest BCUT2D eigenvalue weighted by molar-refractivity contribution is 0.150. The predicted molar refractivity (Wildman–Crippen MR) is 78.6 cm³/mol. The van der Waals surface area contributed by atoms with Gasteiger partial charge in [-0.15, -0.1) is 11.8 Å². The minimum absolute atomic E-state index is 0.811. The molecule has 0 fully saturated rings. The molecule has 2 rings (SSSR count). The number of benzene rings is 1. The maximum atomic E-state index is 5.28. The molecule has 0 saturated carbocycles. The molecule has 18 heavy (non-hydrogen) atoms. The third-order valence-corrected chi connectivity index (χ3v) is 4.24. The molecule has 3 heteroatoms. The summed E-state index contributed by atoms with van der Waals surface area (Å²) in [4.78, 5) is 1.42. The van der Waals surface area contributed by atoms with Gasteiger partial charge < -0.3 is 10.1 Å². The van der Waals surface area contributed by atoms with E-state index in [2.05, 4.69) is 23.5 Å². The summed E-state index contributed by atoms with van der Waals surface area (Å²) in [5.74, 6) is 1.13. The van der Waals surface area contributed by atoms with Crippen molar-refractivity contribution in [3.8, 4) is 0 Å².